The maximum Gasteiger partial charge on any atom is 0.253 e. The van der Waals surface area contributed by atoms with Gasteiger partial charge in [-0.15, -0.1) is 0 Å². The summed E-state index contributed by atoms with van der Waals surface area (Å²) >= 11 is 6.08. The van der Waals surface area contributed by atoms with E-state index in [4.69, 9.17) is 16.3 Å². The van der Waals surface area contributed by atoms with Crippen molar-refractivity contribution < 1.29 is 14.3 Å². The Morgan fingerprint density at radius 1 is 1.12 bits per heavy atom. The highest BCUT2D eigenvalue weighted by molar-refractivity contribution is 6.30. The second kappa shape index (κ2) is 9.83. The van der Waals surface area contributed by atoms with Crippen molar-refractivity contribution in [2.45, 2.75) is 12.5 Å². The number of nitrogens with zero attached hydrogens (tertiary/aromatic N) is 2. The number of halogens is 1. The minimum atomic E-state index is -0.411. The minimum absolute atomic E-state index is 0.105. The summed E-state index contributed by atoms with van der Waals surface area (Å²) in [7, 11) is 1.61. The number of carbonyl (C=O) groups is 2. The Labute approximate surface area is 192 Å². The molecule has 2 unspecified atom stereocenters. The Balaban J connectivity index is 1.59. The normalized spacial score (nSPS) is 17.8. The zero-order valence-corrected chi connectivity index (χ0v) is 18.5. The van der Waals surface area contributed by atoms with E-state index in [1.165, 1.54) is 0 Å². The molecular weight excluding hydrogens is 426 g/mol. The summed E-state index contributed by atoms with van der Waals surface area (Å²) in [5.41, 5.74) is 2.34. The van der Waals surface area contributed by atoms with Gasteiger partial charge in [0.15, 0.2) is 0 Å². The van der Waals surface area contributed by atoms with Crippen LogP contribution in [0.25, 0.3) is 0 Å². The van der Waals surface area contributed by atoms with Gasteiger partial charge in [-0.1, -0.05) is 41.9 Å². The first-order valence-electron chi connectivity index (χ1n) is 10.4. The molecule has 0 saturated carbocycles. The Morgan fingerprint density at radius 2 is 1.97 bits per heavy atom. The molecule has 1 aliphatic heterocycles. The van der Waals surface area contributed by atoms with E-state index in [2.05, 4.69) is 10.3 Å². The molecule has 1 N–H and O–H groups in total. The maximum atomic E-state index is 13.2. The number of hydrogen-bond acceptors (Lipinski definition) is 4. The number of para-hydroxylation sites is 1. The molecule has 32 heavy (non-hydrogen) atoms. The fourth-order valence-electron chi connectivity index (χ4n) is 4.15. The average Bonchev–Trinajstić information content (AvgIpc) is 3.28. The molecule has 0 spiro atoms. The van der Waals surface area contributed by atoms with Crippen LogP contribution in [0.15, 0.2) is 73.1 Å². The van der Waals surface area contributed by atoms with Crippen LogP contribution in [0.1, 0.15) is 27.4 Å². The lowest BCUT2D eigenvalue weighted by molar-refractivity contribution is -0.125. The number of pyridine rings is 1. The SMILES string of the molecule is COc1ccccc1C1CN(C(=O)c2cccc(Cl)c2)CC1C(=O)NCc1cccnc1. The highest BCUT2D eigenvalue weighted by atomic mass is 35.5. The van der Waals surface area contributed by atoms with Crippen LogP contribution in [0, 0.1) is 5.92 Å². The van der Waals surface area contributed by atoms with E-state index < -0.39 is 5.92 Å². The van der Waals surface area contributed by atoms with Crippen LogP contribution < -0.4 is 10.1 Å². The molecule has 7 heteroatoms. The van der Waals surface area contributed by atoms with Crippen molar-refractivity contribution in [3.63, 3.8) is 0 Å². The summed E-state index contributed by atoms with van der Waals surface area (Å²) in [5.74, 6) is -0.144. The number of ether oxygens (including phenoxy) is 1. The molecule has 2 aromatic carbocycles. The lowest BCUT2D eigenvalue weighted by Crippen LogP contribution is -2.35. The molecule has 2 amide bonds. The van der Waals surface area contributed by atoms with Crippen LogP contribution in [0.5, 0.6) is 5.75 Å². The van der Waals surface area contributed by atoms with Gasteiger partial charge in [0.05, 0.1) is 13.0 Å². The van der Waals surface area contributed by atoms with E-state index in [0.29, 0.717) is 36.0 Å². The second-order valence-corrected chi connectivity index (χ2v) is 8.19. The number of amides is 2. The molecule has 0 radical (unpaired) electrons. The first-order valence-corrected chi connectivity index (χ1v) is 10.8. The number of aromatic nitrogens is 1. The molecule has 1 fully saturated rings. The zero-order chi connectivity index (χ0) is 22.5. The topological polar surface area (TPSA) is 71.5 Å². The van der Waals surface area contributed by atoms with Crippen LogP contribution >= 0.6 is 11.6 Å². The predicted molar refractivity (Wildman–Crippen MR) is 123 cm³/mol. The van der Waals surface area contributed by atoms with Crippen LogP contribution in [-0.2, 0) is 11.3 Å². The van der Waals surface area contributed by atoms with Crippen molar-refractivity contribution in [1.29, 1.82) is 0 Å². The number of hydrogen-bond donors (Lipinski definition) is 1. The third-order valence-corrected chi connectivity index (χ3v) is 5.98. The molecule has 6 nitrogen and oxygen atoms in total. The van der Waals surface area contributed by atoms with Gasteiger partial charge >= 0.3 is 0 Å². The van der Waals surface area contributed by atoms with Crippen molar-refractivity contribution in [2.75, 3.05) is 20.2 Å². The van der Waals surface area contributed by atoms with Crippen LogP contribution in [0.3, 0.4) is 0 Å². The van der Waals surface area contributed by atoms with E-state index in [9.17, 15) is 9.59 Å². The number of carbonyl (C=O) groups excluding carboxylic acids is 2. The molecule has 164 valence electrons. The fourth-order valence-corrected chi connectivity index (χ4v) is 4.34. The van der Waals surface area contributed by atoms with E-state index in [0.717, 1.165) is 11.1 Å². The molecular formula is C25H24ClN3O3. The molecule has 2 heterocycles. The van der Waals surface area contributed by atoms with E-state index in [1.807, 2.05) is 36.4 Å². The molecule has 3 aromatic rings. The Kier molecular flexibility index (Phi) is 6.71. The first-order chi connectivity index (χ1) is 15.6. The van der Waals surface area contributed by atoms with Gasteiger partial charge in [-0.3, -0.25) is 14.6 Å². The summed E-state index contributed by atoms with van der Waals surface area (Å²) in [4.78, 5) is 32.2. The van der Waals surface area contributed by atoms with Gasteiger partial charge in [0.1, 0.15) is 5.75 Å². The lowest BCUT2D eigenvalue weighted by Gasteiger charge is -2.20. The quantitative estimate of drug-likeness (QED) is 0.619. The Morgan fingerprint density at radius 3 is 2.72 bits per heavy atom. The lowest BCUT2D eigenvalue weighted by atomic mass is 9.87. The predicted octanol–water partition coefficient (Wildman–Crippen LogP) is 3.92. The third-order valence-electron chi connectivity index (χ3n) is 5.74. The first kappa shape index (κ1) is 21.8. The number of benzene rings is 2. The Bertz CT molecular complexity index is 1110. The molecule has 4 rings (SSSR count). The van der Waals surface area contributed by atoms with Gasteiger partial charge in [-0.25, -0.2) is 0 Å². The standard InChI is InChI=1S/C25H24ClN3O3/c1-32-23-10-3-2-9-20(23)21-15-29(25(31)18-7-4-8-19(26)12-18)16-22(21)24(30)28-14-17-6-5-11-27-13-17/h2-13,21-22H,14-16H2,1H3,(H,28,30). The molecule has 1 aliphatic rings. The second-order valence-electron chi connectivity index (χ2n) is 7.75. The van der Waals surface area contributed by atoms with E-state index in [1.54, 1.807) is 48.7 Å². The van der Waals surface area contributed by atoms with Crippen molar-refractivity contribution in [1.82, 2.24) is 15.2 Å². The average molecular weight is 450 g/mol. The fraction of sp³-hybridized carbons (Fsp3) is 0.240. The van der Waals surface area contributed by atoms with Gasteiger partial charge < -0.3 is 15.0 Å². The van der Waals surface area contributed by atoms with Gasteiger partial charge in [0.25, 0.3) is 5.91 Å². The summed E-state index contributed by atoms with van der Waals surface area (Å²) < 4.78 is 5.55. The van der Waals surface area contributed by atoms with Gasteiger partial charge in [0, 0.05) is 48.5 Å². The van der Waals surface area contributed by atoms with Crippen molar-refractivity contribution in [3.8, 4) is 5.75 Å². The monoisotopic (exact) mass is 449 g/mol. The van der Waals surface area contributed by atoms with E-state index in [-0.39, 0.29) is 17.7 Å². The summed E-state index contributed by atoms with van der Waals surface area (Å²) in [5, 5.41) is 3.51. The van der Waals surface area contributed by atoms with Crippen molar-refractivity contribution in [2.24, 2.45) is 5.92 Å². The molecule has 2 atom stereocenters. The largest absolute Gasteiger partial charge is 0.496 e. The molecule has 0 bridgehead atoms. The van der Waals surface area contributed by atoms with Gasteiger partial charge in [-0.2, -0.15) is 0 Å². The number of likely N-dealkylation sites (tertiary alicyclic amines) is 1. The number of rotatable bonds is 6. The van der Waals surface area contributed by atoms with Crippen molar-refractivity contribution >= 4 is 23.4 Å². The number of methoxy groups -OCH3 is 1. The maximum absolute atomic E-state index is 13.2. The highest BCUT2D eigenvalue weighted by Gasteiger charge is 2.41. The molecule has 1 saturated heterocycles. The molecule has 1 aromatic heterocycles. The van der Waals surface area contributed by atoms with Gasteiger partial charge in [-0.05, 0) is 41.5 Å². The minimum Gasteiger partial charge on any atom is -0.496 e. The summed E-state index contributed by atoms with van der Waals surface area (Å²) in [6.07, 6.45) is 3.42. The van der Waals surface area contributed by atoms with Crippen LogP contribution in [0.2, 0.25) is 5.02 Å². The summed E-state index contributed by atoms with van der Waals surface area (Å²) in [6.45, 7) is 1.10. The van der Waals surface area contributed by atoms with Gasteiger partial charge in [0.2, 0.25) is 5.91 Å². The highest BCUT2D eigenvalue weighted by Crippen LogP contribution is 2.38. The van der Waals surface area contributed by atoms with E-state index >= 15 is 0 Å². The molecule has 0 aliphatic carbocycles. The summed E-state index contributed by atoms with van der Waals surface area (Å²) in [6, 6.07) is 18.3. The number of nitrogens with one attached hydrogen (secondary N) is 1. The Hall–Kier alpha value is -3.38. The smallest absolute Gasteiger partial charge is 0.253 e. The zero-order valence-electron chi connectivity index (χ0n) is 17.7. The van der Waals surface area contributed by atoms with Crippen LogP contribution in [0.4, 0.5) is 0 Å². The van der Waals surface area contributed by atoms with Crippen LogP contribution in [-0.4, -0.2) is 41.9 Å². The third kappa shape index (κ3) is 4.75. The van der Waals surface area contributed by atoms with Crippen molar-refractivity contribution in [3.05, 3.63) is 94.8 Å².